The van der Waals surface area contributed by atoms with Crippen LogP contribution in [-0.2, 0) is 19.1 Å². The van der Waals surface area contributed by atoms with Gasteiger partial charge in [0.15, 0.2) is 0 Å². The molecule has 1 aliphatic rings. The van der Waals surface area contributed by atoms with Crippen LogP contribution < -0.4 is 4.90 Å². The van der Waals surface area contributed by atoms with E-state index in [0.29, 0.717) is 37.2 Å². The zero-order valence-corrected chi connectivity index (χ0v) is 14.8. The van der Waals surface area contributed by atoms with Gasteiger partial charge < -0.3 is 14.4 Å². The molecule has 0 bridgehead atoms. The number of benzene rings is 1. The molecule has 0 N–H and O–H groups in total. The summed E-state index contributed by atoms with van der Waals surface area (Å²) >= 11 is 0. The third kappa shape index (κ3) is 4.81. The standard InChI is InChI=1S/C18H22N2O6/c1-3-26-17(21)7-5-13-4-6-15(16(12-13)20(23)24)19-10-8-14(9-11-19)18(22)25-2/h4-7,12,14H,3,8-11H2,1-2H3/b7-5+. The number of esters is 2. The van der Waals surface area contributed by atoms with E-state index in [-0.39, 0.29) is 24.2 Å². The Balaban J connectivity index is 2.16. The summed E-state index contributed by atoms with van der Waals surface area (Å²) in [5.74, 6) is -0.898. The molecule has 1 heterocycles. The van der Waals surface area contributed by atoms with E-state index >= 15 is 0 Å². The molecule has 1 aromatic carbocycles. The van der Waals surface area contributed by atoms with E-state index in [1.54, 1.807) is 19.1 Å². The number of anilines is 1. The van der Waals surface area contributed by atoms with Crippen molar-refractivity contribution >= 4 is 29.4 Å². The van der Waals surface area contributed by atoms with Crippen molar-refractivity contribution in [1.29, 1.82) is 0 Å². The smallest absolute Gasteiger partial charge is 0.330 e. The Bertz CT molecular complexity index is 708. The second-order valence-electron chi connectivity index (χ2n) is 5.88. The van der Waals surface area contributed by atoms with Crippen molar-refractivity contribution in [1.82, 2.24) is 0 Å². The van der Waals surface area contributed by atoms with E-state index in [1.807, 2.05) is 4.90 Å². The van der Waals surface area contributed by atoms with E-state index < -0.39 is 10.9 Å². The molecule has 1 saturated heterocycles. The van der Waals surface area contributed by atoms with E-state index in [4.69, 9.17) is 9.47 Å². The van der Waals surface area contributed by atoms with Gasteiger partial charge in [-0.25, -0.2) is 4.79 Å². The van der Waals surface area contributed by atoms with Gasteiger partial charge in [-0.2, -0.15) is 0 Å². The van der Waals surface area contributed by atoms with Gasteiger partial charge in [0.2, 0.25) is 0 Å². The van der Waals surface area contributed by atoms with Gasteiger partial charge in [0.25, 0.3) is 5.69 Å². The van der Waals surface area contributed by atoms with Crippen molar-refractivity contribution in [3.8, 4) is 0 Å². The first kappa shape index (κ1) is 19.4. The molecule has 140 valence electrons. The molecule has 8 nitrogen and oxygen atoms in total. The fourth-order valence-electron chi connectivity index (χ4n) is 2.94. The number of hydrogen-bond acceptors (Lipinski definition) is 7. The summed E-state index contributed by atoms with van der Waals surface area (Å²) < 4.78 is 9.55. The molecule has 0 amide bonds. The van der Waals surface area contributed by atoms with Crippen molar-refractivity contribution in [2.24, 2.45) is 5.92 Å². The maximum atomic E-state index is 11.6. The molecule has 2 rings (SSSR count). The van der Waals surface area contributed by atoms with E-state index in [9.17, 15) is 19.7 Å². The molecule has 0 aliphatic carbocycles. The van der Waals surface area contributed by atoms with E-state index in [1.165, 1.54) is 25.3 Å². The Kier molecular flexibility index (Phi) is 6.71. The Morgan fingerprint density at radius 3 is 2.62 bits per heavy atom. The average molecular weight is 362 g/mol. The SMILES string of the molecule is CCOC(=O)/C=C/c1ccc(N2CCC(C(=O)OC)CC2)c([N+](=O)[O-])c1. The summed E-state index contributed by atoms with van der Waals surface area (Å²) in [5, 5.41) is 11.5. The number of piperidine rings is 1. The van der Waals surface area contributed by atoms with Crippen LogP contribution in [0.15, 0.2) is 24.3 Å². The minimum atomic E-state index is -0.496. The van der Waals surface area contributed by atoms with Gasteiger partial charge in [0.1, 0.15) is 5.69 Å². The Labute approximate surface area is 151 Å². The highest BCUT2D eigenvalue weighted by atomic mass is 16.6. The zero-order valence-electron chi connectivity index (χ0n) is 14.8. The van der Waals surface area contributed by atoms with Gasteiger partial charge in [-0.05, 0) is 37.5 Å². The van der Waals surface area contributed by atoms with Crippen LogP contribution in [0.25, 0.3) is 6.08 Å². The molecule has 1 fully saturated rings. The predicted molar refractivity (Wildman–Crippen MR) is 95.7 cm³/mol. The van der Waals surface area contributed by atoms with Gasteiger partial charge >= 0.3 is 11.9 Å². The summed E-state index contributed by atoms with van der Waals surface area (Å²) in [6, 6.07) is 4.81. The second-order valence-corrected chi connectivity index (χ2v) is 5.88. The monoisotopic (exact) mass is 362 g/mol. The van der Waals surface area contributed by atoms with E-state index in [2.05, 4.69) is 0 Å². The highest BCUT2D eigenvalue weighted by Gasteiger charge is 2.28. The molecule has 26 heavy (non-hydrogen) atoms. The number of nitro groups is 1. The van der Waals surface area contributed by atoms with Crippen molar-refractivity contribution in [2.45, 2.75) is 19.8 Å². The maximum Gasteiger partial charge on any atom is 0.330 e. The van der Waals surface area contributed by atoms with Crippen molar-refractivity contribution < 1.29 is 24.0 Å². The quantitative estimate of drug-likeness (QED) is 0.332. The van der Waals surface area contributed by atoms with Crippen LogP contribution in [0.3, 0.4) is 0 Å². The molecule has 1 aliphatic heterocycles. The van der Waals surface area contributed by atoms with Gasteiger partial charge in [-0.1, -0.05) is 6.07 Å². The normalized spacial score (nSPS) is 15.1. The summed E-state index contributed by atoms with van der Waals surface area (Å²) in [7, 11) is 1.36. The Morgan fingerprint density at radius 2 is 2.04 bits per heavy atom. The second kappa shape index (κ2) is 8.98. The molecule has 1 aromatic rings. The molecule has 0 atom stereocenters. The first-order valence-corrected chi connectivity index (χ1v) is 8.42. The van der Waals surface area contributed by atoms with Gasteiger partial charge in [-0.3, -0.25) is 14.9 Å². The lowest BCUT2D eigenvalue weighted by molar-refractivity contribution is -0.384. The summed E-state index contributed by atoms with van der Waals surface area (Å²) in [6.45, 7) is 3.05. The zero-order chi connectivity index (χ0) is 19.1. The largest absolute Gasteiger partial charge is 0.469 e. The third-order valence-corrected chi connectivity index (χ3v) is 4.26. The maximum absolute atomic E-state index is 11.6. The highest BCUT2D eigenvalue weighted by Crippen LogP contribution is 2.33. The Hall–Kier alpha value is -2.90. The van der Waals surface area contributed by atoms with Crippen LogP contribution in [0.5, 0.6) is 0 Å². The number of ether oxygens (including phenoxy) is 2. The topological polar surface area (TPSA) is 99.0 Å². The third-order valence-electron chi connectivity index (χ3n) is 4.26. The number of nitro benzene ring substituents is 1. The first-order valence-electron chi connectivity index (χ1n) is 8.42. The first-order chi connectivity index (χ1) is 12.5. The number of carbonyl (C=O) groups is 2. The number of nitrogens with zero attached hydrogens (tertiary/aromatic N) is 2. The van der Waals surface area contributed by atoms with Crippen molar-refractivity contribution in [2.75, 3.05) is 31.7 Å². The molecular formula is C18H22N2O6. The van der Waals surface area contributed by atoms with Gasteiger partial charge in [-0.15, -0.1) is 0 Å². The molecule has 8 heteroatoms. The fourth-order valence-corrected chi connectivity index (χ4v) is 2.94. The lowest BCUT2D eigenvalue weighted by atomic mass is 9.96. The molecule has 0 unspecified atom stereocenters. The van der Waals surface area contributed by atoms with Crippen LogP contribution in [0.1, 0.15) is 25.3 Å². The minimum Gasteiger partial charge on any atom is -0.469 e. The number of carbonyl (C=O) groups excluding carboxylic acids is 2. The van der Waals surface area contributed by atoms with E-state index in [0.717, 1.165) is 0 Å². The number of methoxy groups -OCH3 is 1. The summed E-state index contributed by atoms with van der Waals surface area (Å²) in [4.78, 5) is 35.9. The summed E-state index contributed by atoms with van der Waals surface area (Å²) in [6.07, 6.45) is 3.91. The van der Waals surface area contributed by atoms with Crippen LogP contribution in [0.2, 0.25) is 0 Å². The highest BCUT2D eigenvalue weighted by molar-refractivity contribution is 5.87. The number of rotatable bonds is 6. The lowest BCUT2D eigenvalue weighted by Gasteiger charge is -2.32. The molecule has 0 radical (unpaired) electrons. The van der Waals surface area contributed by atoms with Crippen molar-refractivity contribution in [3.05, 3.63) is 40.0 Å². The molecule has 0 aromatic heterocycles. The molecular weight excluding hydrogens is 340 g/mol. The fraction of sp³-hybridized carbons (Fsp3) is 0.444. The van der Waals surface area contributed by atoms with Crippen molar-refractivity contribution in [3.63, 3.8) is 0 Å². The molecule has 0 saturated carbocycles. The minimum absolute atomic E-state index is 0.0347. The average Bonchev–Trinajstić information content (AvgIpc) is 2.66. The predicted octanol–water partition coefficient (Wildman–Crippen LogP) is 2.56. The molecule has 0 spiro atoms. The van der Waals surface area contributed by atoms with Gasteiger partial charge in [0.05, 0.1) is 24.6 Å². The van der Waals surface area contributed by atoms with Crippen LogP contribution in [0, 0.1) is 16.0 Å². The number of hydrogen-bond donors (Lipinski definition) is 0. The Morgan fingerprint density at radius 1 is 1.35 bits per heavy atom. The van der Waals surface area contributed by atoms with Gasteiger partial charge in [0, 0.05) is 25.2 Å². The van der Waals surface area contributed by atoms with Crippen LogP contribution in [0.4, 0.5) is 11.4 Å². The summed E-state index contributed by atoms with van der Waals surface area (Å²) in [5.41, 5.74) is 1.01. The lowest BCUT2D eigenvalue weighted by Crippen LogP contribution is -2.37. The van der Waals surface area contributed by atoms with Crippen LogP contribution >= 0.6 is 0 Å². The van der Waals surface area contributed by atoms with Crippen LogP contribution in [-0.4, -0.2) is 43.7 Å².